The lowest BCUT2D eigenvalue weighted by molar-refractivity contribution is 0.134. The molecule has 0 unspecified atom stereocenters. The SMILES string of the molecule is O=C1N[C@H](CI)[C@@H](c2ccccc2)O1. The summed E-state index contributed by atoms with van der Waals surface area (Å²) in [5, 5.41) is 2.78. The van der Waals surface area contributed by atoms with Gasteiger partial charge in [-0.15, -0.1) is 0 Å². The third kappa shape index (κ3) is 1.84. The van der Waals surface area contributed by atoms with Gasteiger partial charge in [0.2, 0.25) is 0 Å². The normalized spacial score (nSPS) is 25.6. The standard InChI is InChI=1S/C10H10INO2/c11-6-8-9(14-10(13)12-8)7-4-2-1-3-5-7/h1-5,8-9H,6H2,(H,12,13)/t8-,9-/m1/s1. The minimum absolute atomic E-state index is 0.0884. The van der Waals surface area contributed by atoms with Gasteiger partial charge in [0.1, 0.15) is 6.10 Å². The molecule has 1 aliphatic rings. The lowest BCUT2D eigenvalue weighted by Gasteiger charge is -2.14. The average Bonchev–Trinajstić information content (AvgIpc) is 2.61. The molecule has 14 heavy (non-hydrogen) atoms. The Morgan fingerprint density at radius 3 is 2.71 bits per heavy atom. The molecule has 0 saturated carbocycles. The summed E-state index contributed by atoms with van der Waals surface area (Å²) in [4.78, 5) is 11.1. The molecule has 1 fully saturated rings. The number of carbonyl (C=O) groups excluding carboxylic acids is 1. The average molecular weight is 303 g/mol. The summed E-state index contributed by atoms with van der Waals surface area (Å²) >= 11 is 2.25. The van der Waals surface area contributed by atoms with Crippen molar-refractivity contribution in [2.75, 3.05) is 4.43 Å². The predicted molar refractivity (Wildman–Crippen MR) is 61.5 cm³/mol. The number of halogens is 1. The number of nitrogens with one attached hydrogen (secondary N) is 1. The first-order chi connectivity index (χ1) is 6.81. The van der Waals surface area contributed by atoms with E-state index in [2.05, 4.69) is 27.9 Å². The smallest absolute Gasteiger partial charge is 0.408 e. The number of benzene rings is 1. The van der Waals surface area contributed by atoms with Crippen LogP contribution in [0.4, 0.5) is 4.79 Å². The summed E-state index contributed by atoms with van der Waals surface area (Å²) in [7, 11) is 0. The molecule has 4 heteroatoms. The van der Waals surface area contributed by atoms with Gasteiger partial charge >= 0.3 is 6.09 Å². The molecule has 74 valence electrons. The van der Waals surface area contributed by atoms with Crippen LogP contribution in [0.1, 0.15) is 11.7 Å². The van der Waals surface area contributed by atoms with E-state index < -0.39 is 0 Å². The number of amides is 1. The third-order valence-corrected chi connectivity index (χ3v) is 3.15. The molecule has 2 rings (SSSR count). The topological polar surface area (TPSA) is 38.3 Å². The number of ether oxygens (including phenoxy) is 1. The molecule has 0 aliphatic carbocycles. The second-order valence-corrected chi connectivity index (χ2v) is 4.02. The fraction of sp³-hybridized carbons (Fsp3) is 0.300. The third-order valence-electron chi connectivity index (χ3n) is 2.20. The van der Waals surface area contributed by atoms with E-state index in [-0.39, 0.29) is 18.2 Å². The van der Waals surface area contributed by atoms with Gasteiger partial charge in [0.15, 0.2) is 0 Å². The second-order valence-electron chi connectivity index (χ2n) is 3.14. The Hall–Kier alpha value is -0.780. The first kappa shape index (κ1) is 9.76. The van der Waals surface area contributed by atoms with Gasteiger partial charge in [-0.2, -0.15) is 0 Å². The van der Waals surface area contributed by atoms with E-state index in [0.717, 1.165) is 9.99 Å². The van der Waals surface area contributed by atoms with Crippen LogP contribution in [0.3, 0.4) is 0 Å². The van der Waals surface area contributed by atoms with Crippen LogP contribution in [0.15, 0.2) is 30.3 Å². The van der Waals surface area contributed by atoms with Crippen molar-refractivity contribution < 1.29 is 9.53 Å². The van der Waals surface area contributed by atoms with Crippen LogP contribution in [0.25, 0.3) is 0 Å². The maximum Gasteiger partial charge on any atom is 0.408 e. The Bertz CT molecular complexity index is 328. The quantitative estimate of drug-likeness (QED) is 0.672. The molecule has 0 radical (unpaired) electrons. The Morgan fingerprint density at radius 2 is 2.07 bits per heavy atom. The molecule has 1 aromatic rings. The highest BCUT2D eigenvalue weighted by molar-refractivity contribution is 14.1. The fourth-order valence-electron chi connectivity index (χ4n) is 1.52. The lowest BCUT2D eigenvalue weighted by atomic mass is 10.0. The van der Waals surface area contributed by atoms with Gasteiger partial charge in [0, 0.05) is 4.43 Å². The van der Waals surface area contributed by atoms with E-state index in [9.17, 15) is 4.79 Å². The number of alkyl halides is 1. The Labute approximate surface area is 96.0 Å². The number of hydrogen-bond donors (Lipinski definition) is 1. The summed E-state index contributed by atoms with van der Waals surface area (Å²) in [6, 6.07) is 9.89. The number of rotatable bonds is 2. The van der Waals surface area contributed by atoms with E-state index in [1.165, 1.54) is 0 Å². The van der Waals surface area contributed by atoms with Crippen molar-refractivity contribution in [2.45, 2.75) is 12.1 Å². The molecule has 2 atom stereocenters. The van der Waals surface area contributed by atoms with Crippen molar-refractivity contribution in [3.63, 3.8) is 0 Å². The monoisotopic (exact) mass is 303 g/mol. The summed E-state index contributed by atoms with van der Waals surface area (Å²) in [5.41, 5.74) is 1.05. The van der Waals surface area contributed by atoms with Gasteiger partial charge in [-0.05, 0) is 5.56 Å². The summed E-state index contributed by atoms with van der Waals surface area (Å²) in [5.74, 6) is 0. The van der Waals surface area contributed by atoms with Gasteiger partial charge in [-0.1, -0.05) is 52.9 Å². The summed E-state index contributed by atoms with van der Waals surface area (Å²) < 4.78 is 6.05. The molecule has 1 saturated heterocycles. The minimum Gasteiger partial charge on any atom is -0.439 e. The van der Waals surface area contributed by atoms with E-state index in [4.69, 9.17) is 4.74 Å². The van der Waals surface area contributed by atoms with Crippen LogP contribution >= 0.6 is 22.6 Å². The molecule has 0 spiro atoms. The Morgan fingerprint density at radius 1 is 1.36 bits per heavy atom. The highest BCUT2D eigenvalue weighted by Gasteiger charge is 2.33. The highest BCUT2D eigenvalue weighted by Crippen LogP contribution is 2.26. The molecule has 3 nitrogen and oxygen atoms in total. The van der Waals surface area contributed by atoms with Gasteiger partial charge in [0.25, 0.3) is 0 Å². The maximum atomic E-state index is 11.1. The highest BCUT2D eigenvalue weighted by atomic mass is 127. The van der Waals surface area contributed by atoms with Crippen molar-refractivity contribution in [3.8, 4) is 0 Å². The van der Waals surface area contributed by atoms with Crippen molar-refractivity contribution in [1.82, 2.24) is 5.32 Å². The van der Waals surface area contributed by atoms with Crippen LogP contribution in [0, 0.1) is 0 Å². The van der Waals surface area contributed by atoms with Gasteiger partial charge in [-0.3, -0.25) is 0 Å². The number of hydrogen-bond acceptors (Lipinski definition) is 2. The molecular formula is C10H10INO2. The predicted octanol–water partition coefficient (Wildman–Crippen LogP) is 2.27. The van der Waals surface area contributed by atoms with E-state index in [0.29, 0.717) is 0 Å². The zero-order valence-corrected chi connectivity index (χ0v) is 9.60. The van der Waals surface area contributed by atoms with Crippen molar-refractivity contribution >= 4 is 28.7 Å². The number of carbonyl (C=O) groups is 1. The maximum absolute atomic E-state index is 11.1. The summed E-state index contributed by atoms with van der Waals surface area (Å²) in [6.45, 7) is 0. The van der Waals surface area contributed by atoms with Crippen molar-refractivity contribution in [1.29, 1.82) is 0 Å². The van der Waals surface area contributed by atoms with Gasteiger partial charge in [0.05, 0.1) is 6.04 Å². The number of alkyl carbamates (subject to hydrolysis) is 1. The van der Waals surface area contributed by atoms with Crippen LogP contribution < -0.4 is 5.32 Å². The number of cyclic esters (lactones) is 1. The first-order valence-corrected chi connectivity index (χ1v) is 5.92. The molecule has 1 N–H and O–H groups in total. The molecule has 0 bridgehead atoms. The van der Waals surface area contributed by atoms with Gasteiger partial charge in [-0.25, -0.2) is 4.79 Å². The molecule has 0 aromatic heterocycles. The minimum atomic E-state index is -0.319. The lowest BCUT2D eigenvalue weighted by Crippen LogP contribution is -2.28. The molecule has 1 heterocycles. The molecule has 1 amide bonds. The first-order valence-electron chi connectivity index (χ1n) is 4.39. The van der Waals surface area contributed by atoms with E-state index in [1.807, 2.05) is 30.3 Å². The largest absolute Gasteiger partial charge is 0.439 e. The summed E-state index contributed by atoms with van der Waals surface area (Å²) in [6.07, 6.45) is -0.457. The zero-order chi connectivity index (χ0) is 9.97. The Kier molecular flexibility index (Phi) is 2.90. The Balaban J connectivity index is 2.22. The molecule has 1 aromatic carbocycles. The zero-order valence-electron chi connectivity index (χ0n) is 7.44. The van der Waals surface area contributed by atoms with Crippen molar-refractivity contribution in [2.24, 2.45) is 0 Å². The second kappa shape index (κ2) is 4.16. The molecular weight excluding hydrogens is 293 g/mol. The van der Waals surface area contributed by atoms with Crippen molar-refractivity contribution in [3.05, 3.63) is 35.9 Å². The fourth-order valence-corrected chi connectivity index (χ4v) is 2.20. The van der Waals surface area contributed by atoms with E-state index >= 15 is 0 Å². The van der Waals surface area contributed by atoms with Crippen LogP contribution in [-0.4, -0.2) is 16.6 Å². The van der Waals surface area contributed by atoms with Crippen LogP contribution in [-0.2, 0) is 4.74 Å². The van der Waals surface area contributed by atoms with Gasteiger partial charge < -0.3 is 10.1 Å². The van der Waals surface area contributed by atoms with E-state index in [1.54, 1.807) is 0 Å². The van der Waals surface area contributed by atoms with Crippen LogP contribution in [0.5, 0.6) is 0 Å². The van der Waals surface area contributed by atoms with Crippen LogP contribution in [0.2, 0.25) is 0 Å². The molecule has 1 aliphatic heterocycles.